The minimum absolute atomic E-state index is 0. The molecule has 9 heteroatoms. The van der Waals surface area contributed by atoms with E-state index in [2.05, 4.69) is 10.0 Å². The maximum Gasteiger partial charge on any atom is 0.266 e. The number of anilines is 1. The molecule has 0 radical (unpaired) electrons. The van der Waals surface area contributed by atoms with Crippen molar-refractivity contribution in [2.75, 3.05) is 18.0 Å². The number of benzene rings is 2. The average molecular weight is 464 g/mol. The molecule has 7 nitrogen and oxygen atoms in total. The van der Waals surface area contributed by atoms with Crippen molar-refractivity contribution < 1.29 is 18.0 Å². The second-order valence-electron chi connectivity index (χ2n) is 7.94. The van der Waals surface area contributed by atoms with E-state index in [0.717, 1.165) is 30.8 Å². The normalized spacial score (nSPS) is 17.9. The molecular formula is C22H26ClN3O4S. The Kier molecular flexibility index (Phi) is 6.85. The molecule has 1 atom stereocenters. The van der Waals surface area contributed by atoms with Gasteiger partial charge in [-0.25, -0.2) is 18.0 Å². The number of piperidine rings is 1. The first-order valence-corrected chi connectivity index (χ1v) is 11.6. The van der Waals surface area contributed by atoms with Crippen LogP contribution in [0.15, 0.2) is 47.4 Å². The zero-order chi connectivity index (χ0) is 21.5. The van der Waals surface area contributed by atoms with Gasteiger partial charge in [-0.1, -0.05) is 12.1 Å². The molecule has 1 fully saturated rings. The molecule has 1 saturated heterocycles. The predicted octanol–water partition coefficient (Wildman–Crippen LogP) is 2.88. The Morgan fingerprint density at radius 1 is 1.03 bits per heavy atom. The maximum absolute atomic E-state index is 12.9. The Morgan fingerprint density at radius 3 is 2.16 bits per heavy atom. The fourth-order valence-electron chi connectivity index (χ4n) is 4.21. The zero-order valence-electron chi connectivity index (χ0n) is 17.4. The number of nitrogens with zero attached hydrogens (tertiary/aromatic N) is 1. The predicted molar refractivity (Wildman–Crippen MR) is 121 cm³/mol. The summed E-state index contributed by atoms with van der Waals surface area (Å²) in [7, 11) is -3.71. The number of imide groups is 1. The van der Waals surface area contributed by atoms with Crippen LogP contribution >= 0.6 is 12.4 Å². The number of rotatable bonds is 5. The monoisotopic (exact) mass is 463 g/mol. The molecule has 0 saturated carbocycles. The lowest BCUT2D eigenvalue weighted by atomic mass is 9.92. The maximum atomic E-state index is 12.9. The fourth-order valence-corrected chi connectivity index (χ4v) is 5.60. The lowest BCUT2D eigenvalue weighted by molar-refractivity contribution is 0.0926. The third-order valence-electron chi connectivity index (χ3n) is 5.95. The molecular weight excluding hydrogens is 438 g/mol. The molecule has 0 bridgehead atoms. The van der Waals surface area contributed by atoms with Gasteiger partial charge in [0.05, 0.1) is 21.7 Å². The summed E-state index contributed by atoms with van der Waals surface area (Å²) in [6.07, 6.45) is 1.86. The summed E-state index contributed by atoms with van der Waals surface area (Å²) in [6.45, 7) is 5.39. The number of aryl methyl sites for hydroxylation is 1. The van der Waals surface area contributed by atoms with E-state index in [1.807, 2.05) is 6.92 Å². The molecule has 2 aliphatic heterocycles. The van der Waals surface area contributed by atoms with Gasteiger partial charge in [-0.15, -0.1) is 12.4 Å². The van der Waals surface area contributed by atoms with E-state index in [1.165, 1.54) is 18.2 Å². The summed E-state index contributed by atoms with van der Waals surface area (Å²) in [4.78, 5) is 26.7. The molecule has 4 rings (SSSR count). The van der Waals surface area contributed by atoms with Crippen LogP contribution in [0.3, 0.4) is 0 Å². The van der Waals surface area contributed by atoms with Crippen molar-refractivity contribution in [3.63, 3.8) is 0 Å². The van der Waals surface area contributed by atoms with Gasteiger partial charge >= 0.3 is 0 Å². The highest BCUT2D eigenvalue weighted by Gasteiger charge is 2.37. The number of hydrogen-bond acceptors (Lipinski definition) is 5. The van der Waals surface area contributed by atoms with Crippen molar-refractivity contribution in [3.05, 3.63) is 59.2 Å². The molecule has 2 aromatic rings. The summed E-state index contributed by atoms with van der Waals surface area (Å²) >= 11 is 0. The highest BCUT2D eigenvalue weighted by atomic mass is 35.5. The third kappa shape index (κ3) is 4.39. The highest BCUT2D eigenvalue weighted by molar-refractivity contribution is 7.89. The topological polar surface area (TPSA) is 95.6 Å². The first kappa shape index (κ1) is 23.4. The minimum Gasteiger partial charge on any atom is -0.317 e. The second kappa shape index (κ2) is 9.08. The van der Waals surface area contributed by atoms with Crippen molar-refractivity contribution in [2.24, 2.45) is 5.92 Å². The largest absolute Gasteiger partial charge is 0.317 e. The average Bonchev–Trinajstić information content (AvgIpc) is 2.99. The van der Waals surface area contributed by atoms with Crippen LogP contribution in [0.5, 0.6) is 0 Å². The van der Waals surface area contributed by atoms with E-state index in [9.17, 15) is 18.0 Å². The molecule has 0 aliphatic carbocycles. The quantitative estimate of drug-likeness (QED) is 0.665. The number of carbonyl (C=O) groups is 2. The van der Waals surface area contributed by atoms with Gasteiger partial charge in [0.15, 0.2) is 0 Å². The Balaban J connectivity index is 0.00000272. The standard InChI is InChI=1S/C22H25N3O4S.ClH/c1-14-13-17(30(28,29)24-15(2)16-9-11-23-12-10-16)7-8-20(14)25-21(26)18-5-3-4-6-19(18)22(25)27;/h3-8,13,15-16,23-24H,9-12H2,1-2H3;1H/t15-;/m1./s1. The van der Waals surface area contributed by atoms with Crippen LogP contribution in [0.25, 0.3) is 0 Å². The summed E-state index contributed by atoms with van der Waals surface area (Å²) in [6, 6.07) is 11.0. The van der Waals surface area contributed by atoms with Crippen molar-refractivity contribution >= 4 is 39.9 Å². The smallest absolute Gasteiger partial charge is 0.266 e. The molecule has 2 amide bonds. The molecule has 0 aromatic heterocycles. The van der Waals surface area contributed by atoms with Crippen LogP contribution in [-0.2, 0) is 10.0 Å². The van der Waals surface area contributed by atoms with E-state index >= 15 is 0 Å². The number of hydrogen-bond donors (Lipinski definition) is 2. The number of nitrogens with one attached hydrogen (secondary N) is 2. The van der Waals surface area contributed by atoms with E-state index in [4.69, 9.17) is 0 Å². The van der Waals surface area contributed by atoms with Crippen LogP contribution in [0.2, 0.25) is 0 Å². The second-order valence-corrected chi connectivity index (χ2v) is 9.65. The molecule has 2 N–H and O–H groups in total. The van der Waals surface area contributed by atoms with Gasteiger partial charge in [0.25, 0.3) is 11.8 Å². The first-order valence-electron chi connectivity index (χ1n) is 10.1. The lowest BCUT2D eigenvalue weighted by Crippen LogP contribution is -2.42. The van der Waals surface area contributed by atoms with Crippen molar-refractivity contribution in [2.45, 2.75) is 37.6 Å². The van der Waals surface area contributed by atoms with E-state index in [-0.39, 0.29) is 23.3 Å². The van der Waals surface area contributed by atoms with Gasteiger partial charge in [-0.05, 0) is 81.6 Å². The molecule has 2 aliphatic rings. The Bertz CT molecular complexity index is 1080. The molecule has 0 unspecified atom stereocenters. The van der Waals surface area contributed by atoms with E-state index in [0.29, 0.717) is 28.3 Å². The van der Waals surface area contributed by atoms with Crippen molar-refractivity contribution in [1.82, 2.24) is 10.0 Å². The number of carbonyl (C=O) groups excluding carboxylic acids is 2. The molecule has 0 spiro atoms. The molecule has 166 valence electrons. The van der Waals surface area contributed by atoms with Crippen LogP contribution in [0, 0.1) is 12.8 Å². The van der Waals surface area contributed by atoms with Gasteiger partial charge < -0.3 is 5.32 Å². The summed E-state index contributed by atoms with van der Waals surface area (Å²) in [5.74, 6) is -0.501. The summed E-state index contributed by atoms with van der Waals surface area (Å²) in [5.41, 5.74) is 1.65. The zero-order valence-corrected chi connectivity index (χ0v) is 19.1. The third-order valence-corrected chi connectivity index (χ3v) is 7.50. The first-order chi connectivity index (χ1) is 14.3. The summed E-state index contributed by atoms with van der Waals surface area (Å²) in [5, 5.41) is 3.28. The van der Waals surface area contributed by atoms with Crippen LogP contribution in [-0.4, -0.2) is 39.4 Å². The fraction of sp³-hybridized carbons (Fsp3) is 0.364. The Morgan fingerprint density at radius 2 is 1.61 bits per heavy atom. The lowest BCUT2D eigenvalue weighted by Gasteiger charge is -2.28. The molecule has 2 aromatic carbocycles. The molecule has 31 heavy (non-hydrogen) atoms. The van der Waals surface area contributed by atoms with Crippen molar-refractivity contribution in [1.29, 1.82) is 0 Å². The Labute approximate surface area is 188 Å². The number of fused-ring (bicyclic) bond motifs is 1. The van der Waals surface area contributed by atoms with Gasteiger partial charge in [-0.2, -0.15) is 0 Å². The number of amides is 2. The van der Waals surface area contributed by atoms with Gasteiger partial charge in [0, 0.05) is 6.04 Å². The van der Waals surface area contributed by atoms with Gasteiger partial charge in [0.2, 0.25) is 10.0 Å². The SMILES string of the molecule is Cc1cc(S(=O)(=O)N[C@H](C)C2CCNCC2)ccc1N1C(=O)c2ccccc2C1=O.Cl. The minimum atomic E-state index is -3.71. The van der Waals surface area contributed by atoms with Crippen LogP contribution in [0.1, 0.15) is 46.0 Å². The number of halogens is 1. The van der Waals surface area contributed by atoms with E-state index in [1.54, 1.807) is 31.2 Å². The van der Waals surface area contributed by atoms with E-state index < -0.39 is 21.8 Å². The van der Waals surface area contributed by atoms with Crippen LogP contribution < -0.4 is 14.9 Å². The summed E-state index contributed by atoms with van der Waals surface area (Å²) < 4.78 is 28.6. The van der Waals surface area contributed by atoms with Crippen molar-refractivity contribution in [3.8, 4) is 0 Å². The molecule has 2 heterocycles. The number of sulfonamides is 1. The highest BCUT2D eigenvalue weighted by Crippen LogP contribution is 2.31. The van der Waals surface area contributed by atoms with Crippen LogP contribution in [0.4, 0.5) is 5.69 Å². The Hall–Kier alpha value is -2.26. The van der Waals surface area contributed by atoms with Gasteiger partial charge in [-0.3, -0.25) is 9.59 Å². The van der Waals surface area contributed by atoms with Gasteiger partial charge in [0.1, 0.15) is 0 Å².